The van der Waals surface area contributed by atoms with E-state index in [9.17, 15) is 0 Å². The minimum Gasteiger partial charge on any atom is -0.372 e. The Bertz CT molecular complexity index is 372. The van der Waals surface area contributed by atoms with Gasteiger partial charge < -0.3 is 9.22 Å². The van der Waals surface area contributed by atoms with Gasteiger partial charge in [-0.1, -0.05) is 69.8 Å². The van der Waals surface area contributed by atoms with Gasteiger partial charge in [-0.05, 0) is 38.5 Å². The predicted octanol–water partition coefficient (Wildman–Crippen LogP) is 6.67. The molecule has 1 aliphatic heterocycles. The van der Waals surface area contributed by atoms with E-state index in [-0.39, 0.29) is 0 Å². The molecule has 26 heavy (non-hydrogen) atoms. The van der Waals surface area contributed by atoms with E-state index >= 15 is 0 Å². The van der Waals surface area contributed by atoms with Gasteiger partial charge in [0.15, 0.2) is 0 Å². The van der Waals surface area contributed by atoms with E-state index in [0.29, 0.717) is 6.10 Å². The average molecular weight is 365 g/mol. The highest BCUT2D eigenvalue weighted by Gasteiger charge is 2.30. The van der Waals surface area contributed by atoms with Crippen molar-refractivity contribution in [1.82, 2.24) is 0 Å². The molecule has 152 valence electrons. The molecular formula is C24H46NO+. The van der Waals surface area contributed by atoms with Crippen LogP contribution >= 0.6 is 0 Å². The van der Waals surface area contributed by atoms with Crippen molar-refractivity contribution in [3.8, 4) is 0 Å². The smallest absolute Gasteiger partial charge is 0.112 e. The third-order valence-corrected chi connectivity index (χ3v) is 5.45. The van der Waals surface area contributed by atoms with Crippen LogP contribution in [-0.2, 0) is 4.74 Å². The standard InChI is InChI=1S/C24H46NO/c1-4-5-6-7-8-9-10-11-12-13-14-15-16-17-18-19-22-26-24-20-21-25(2,3)23-24/h8-9,11-12,24H,4-7,10,13-23H2,1-3H3/q+1/b9-8-,12-11-/t24-/m1/s1. The second kappa shape index (κ2) is 15.5. The maximum absolute atomic E-state index is 6.03. The Morgan fingerprint density at radius 3 is 2.04 bits per heavy atom. The molecule has 0 N–H and O–H groups in total. The number of allylic oxidation sites excluding steroid dienone is 4. The van der Waals surface area contributed by atoms with Gasteiger partial charge in [-0.2, -0.15) is 0 Å². The molecule has 1 rings (SSSR count). The SMILES string of the molecule is CCCCC/C=C\C/C=C\CCCCCCCCO[C@@H]1CC[N+](C)(C)C1. The molecule has 2 heteroatoms. The summed E-state index contributed by atoms with van der Waals surface area (Å²) in [6.07, 6.45) is 26.9. The summed E-state index contributed by atoms with van der Waals surface area (Å²) >= 11 is 0. The molecule has 0 aromatic heterocycles. The minimum atomic E-state index is 0.517. The van der Waals surface area contributed by atoms with Crippen LogP contribution < -0.4 is 0 Å². The van der Waals surface area contributed by atoms with Crippen molar-refractivity contribution in [3.05, 3.63) is 24.3 Å². The van der Waals surface area contributed by atoms with E-state index in [1.54, 1.807) is 0 Å². The summed E-state index contributed by atoms with van der Waals surface area (Å²) in [5.74, 6) is 0. The minimum absolute atomic E-state index is 0.517. The van der Waals surface area contributed by atoms with Gasteiger partial charge in [0.05, 0.1) is 20.6 Å². The number of ether oxygens (including phenoxy) is 1. The fourth-order valence-corrected chi connectivity index (χ4v) is 3.70. The molecule has 0 amide bonds. The molecule has 2 nitrogen and oxygen atoms in total. The zero-order chi connectivity index (χ0) is 18.9. The first-order chi connectivity index (χ1) is 12.6. The average Bonchev–Trinajstić information content (AvgIpc) is 2.96. The van der Waals surface area contributed by atoms with Crippen molar-refractivity contribution in [2.45, 2.75) is 96.5 Å². The van der Waals surface area contributed by atoms with Crippen LogP contribution in [0.15, 0.2) is 24.3 Å². The van der Waals surface area contributed by atoms with Gasteiger partial charge in [-0.3, -0.25) is 0 Å². The molecule has 1 fully saturated rings. The Morgan fingerprint density at radius 2 is 1.42 bits per heavy atom. The molecule has 1 heterocycles. The molecule has 1 saturated heterocycles. The first kappa shape index (κ1) is 23.4. The van der Waals surface area contributed by atoms with Crippen LogP contribution in [0.1, 0.15) is 90.4 Å². The maximum atomic E-state index is 6.03. The van der Waals surface area contributed by atoms with Crippen molar-refractivity contribution in [1.29, 1.82) is 0 Å². The summed E-state index contributed by atoms with van der Waals surface area (Å²) in [5, 5.41) is 0. The lowest BCUT2D eigenvalue weighted by molar-refractivity contribution is -0.879. The van der Waals surface area contributed by atoms with E-state index in [4.69, 9.17) is 4.74 Å². The number of nitrogens with zero attached hydrogens (tertiary/aromatic N) is 1. The van der Waals surface area contributed by atoms with Gasteiger partial charge >= 0.3 is 0 Å². The summed E-state index contributed by atoms with van der Waals surface area (Å²) in [7, 11) is 4.62. The van der Waals surface area contributed by atoms with Crippen LogP contribution in [0, 0.1) is 0 Å². The van der Waals surface area contributed by atoms with E-state index in [1.807, 2.05) is 0 Å². The molecule has 0 unspecified atom stereocenters. The first-order valence-electron chi connectivity index (χ1n) is 11.4. The third kappa shape index (κ3) is 13.6. The largest absolute Gasteiger partial charge is 0.372 e. The lowest BCUT2D eigenvalue weighted by Crippen LogP contribution is -2.37. The number of hydrogen-bond acceptors (Lipinski definition) is 1. The molecule has 1 aliphatic rings. The highest BCUT2D eigenvalue weighted by molar-refractivity contribution is 4.92. The van der Waals surface area contributed by atoms with Crippen LogP contribution in [0.25, 0.3) is 0 Å². The number of unbranched alkanes of at least 4 members (excludes halogenated alkanes) is 9. The summed E-state index contributed by atoms with van der Waals surface area (Å²) in [6.45, 7) is 5.70. The van der Waals surface area contributed by atoms with Gasteiger partial charge in [0.2, 0.25) is 0 Å². The lowest BCUT2D eigenvalue weighted by Gasteiger charge is -2.23. The van der Waals surface area contributed by atoms with Crippen LogP contribution in [0.3, 0.4) is 0 Å². The molecule has 0 aromatic rings. The highest BCUT2D eigenvalue weighted by atomic mass is 16.5. The van der Waals surface area contributed by atoms with E-state index in [2.05, 4.69) is 45.3 Å². The number of likely N-dealkylation sites (tertiary alicyclic amines) is 1. The van der Waals surface area contributed by atoms with Gasteiger partial charge in [0.1, 0.15) is 12.6 Å². The zero-order valence-corrected chi connectivity index (χ0v) is 18.1. The normalized spacial score (nSPS) is 19.9. The third-order valence-electron chi connectivity index (χ3n) is 5.45. The van der Waals surface area contributed by atoms with Gasteiger partial charge in [0.25, 0.3) is 0 Å². The monoisotopic (exact) mass is 364 g/mol. The molecule has 0 spiro atoms. The second-order valence-electron chi connectivity index (χ2n) is 8.71. The number of rotatable bonds is 16. The van der Waals surface area contributed by atoms with Crippen molar-refractivity contribution in [2.75, 3.05) is 33.8 Å². The Kier molecular flexibility index (Phi) is 13.9. The summed E-state index contributed by atoms with van der Waals surface area (Å²) in [5.41, 5.74) is 0. The quantitative estimate of drug-likeness (QED) is 0.169. The van der Waals surface area contributed by atoms with Crippen molar-refractivity contribution < 1.29 is 9.22 Å². The van der Waals surface area contributed by atoms with Crippen LogP contribution in [0.2, 0.25) is 0 Å². The molecule has 0 radical (unpaired) electrons. The van der Waals surface area contributed by atoms with Gasteiger partial charge in [-0.25, -0.2) is 0 Å². The van der Waals surface area contributed by atoms with Crippen LogP contribution in [0.4, 0.5) is 0 Å². The Labute approximate surface area is 164 Å². The molecule has 0 bridgehead atoms. The fourth-order valence-electron chi connectivity index (χ4n) is 3.70. The first-order valence-corrected chi connectivity index (χ1v) is 11.4. The van der Waals surface area contributed by atoms with Crippen molar-refractivity contribution in [3.63, 3.8) is 0 Å². The zero-order valence-electron chi connectivity index (χ0n) is 18.1. The highest BCUT2D eigenvalue weighted by Crippen LogP contribution is 2.17. The van der Waals surface area contributed by atoms with Crippen LogP contribution in [0.5, 0.6) is 0 Å². The van der Waals surface area contributed by atoms with E-state index in [0.717, 1.165) is 17.5 Å². The van der Waals surface area contributed by atoms with Crippen LogP contribution in [-0.4, -0.2) is 44.4 Å². The number of hydrogen-bond donors (Lipinski definition) is 0. The second-order valence-corrected chi connectivity index (χ2v) is 8.71. The topological polar surface area (TPSA) is 9.23 Å². The summed E-state index contributed by atoms with van der Waals surface area (Å²) in [6, 6.07) is 0. The molecule has 0 aromatic carbocycles. The van der Waals surface area contributed by atoms with Crippen molar-refractivity contribution in [2.24, 2.45) is 0 Å². The molecular weight excluding hydrogens is 318 g/mol. The van der Waals surface area contributed by atoms with E-state index < -0.39 is 0 Å². The molecule has 1 atom stereocenters. The summed E-state index contributed by atoms with van der Waals surface area (Å²) < 4.78 is 7.16. The summed E-state index contributed by atoms with van der Waals surface area (Å²) in [4.78, 5) is 0. The number of likely N-dealkylation sites (N-methyl/N-ethyl adjacent to an activating group) is 1. The van der Waals surface area contributed by atoms with Crippen molar-refractivity contribution >= 4 is 0 Å². The Balaban J connectivity index is 1.77. The maximum Gasteiger partial charge on any atom is 0.112 e. The fraction of sp³-hybridized carbons (Fsp3) is 0.833. The Hall–Kier alpha value is -0.600. The van der Waals surface area contributed by atoms with Gasteiger partial charge in [-0.15, -0.1) is 0 Å². The molecule has 0 saturated carbocycles. The number of quaternary nitrogens is 1. The lowest BCUT2D eigenvalue weighted by atomic mass is 10.1. The molecule has 0 aliphatic carbocycles. The van der Waals surface area contributed by atoms with E-state index in [1.165, 1.54) is 90.1 Å². The predicted molar refractivity (Wildman–Crippen MR) is 116 cm³/mol. The van der Waals surface area contributed by atoms with Gasteiger partial charge in [0, 0.05) is 13.0 Å². The Morgan fingerprint density at radius 1 is 0.808 bits per heavy atom.